The second kappa shape index (κ2) is 8.57. The molecular weight excluding hydrogens is 332 g/mol. The molecule has 4 heteroatoms. The molecule has 1 aromatic heterocycles. The summed E-state index contributed by atoms with van der Waals surface area (Å²) < 4.78 is 1.21. The van der Waals surface area contributed by atoms with Crippen molar-refractivity contribution in [1.82, 2.24) is 10.2 Å². The predicted molar refractivity (Wildman–Crippen MR) is 91.1 cm³/mol. The molecule has 0 spiro atoms. The van der Waals surface area contributed by atoms with E-state index in [4.69, 9.17) is 0 Å². The monoisotopic (exact) mass is 352 g/mol. The van der Waals surface area contributed by atoms with E-state index in [-0.39, 0.29) is 0 Å². The summed E-state index contributed by atoms with van der Waals surface area (Å²) in [5.41, 5.74) is 1.38. The Morgan fingerprint density at radius 1 is 1.15 bits per heavy atom. The zero-order valence-electron chi connectivity index (χ0n) is 11.8. The number of thiophene rings is 1. The van der Waals surface area contributed by atoms with E-state index < -0.39 is 0 Å². The lowest BCUT2D eigenvalue weighted by Crippen LogP contribution is -2.23. The molecule has 0 aliphatic carbocycles. The first-order valence-corrected chi connectivity index (χ1v) is 8.52. The molecule has 1 N–H and O–H groups in total. The minimum absolute atomic E-state index is 0.971. The van der Waals surface area contributed by atoms with Gasteiger partial charge in [-0.05, 0) is 60.2 Å². The summed E-state index contributed by atoms with van der Waals surface area (Å²) in [6.45, 7) is 4.18. The fourth-order valence-electron chi connectivity index (χ4n) is 2.11. The molecule has 0 radical (unpaired) electrons. The fraction of sp³-hybridized carbons (Fsp3) is 0.375. The Balaban J connectivity index is 1.56. The topological polar surface area (TPSA) is 15.3 Å². The van der Waals surface area contributed by atoms with Gasteiger partial charge in [-0.1, -0.05) is 30.3 Å². The van der Waals surface area contributed by atoms with Crippen LogP contribution in [0.2, 0.25) is 0 Å². The molecule has 108 valence electrons. The molecule has 0 amide bonds. The first-order chi connectivity index (χ1) is 9.74. The minimum Gasteiger partial charge on any atom is -0.312 e. The van der Waals surface area contributed by atoms with Crippen LogP contribution in [0.4, 0.5) is 0 Å². The summed E-state index contributed by atoms with van der Waals surface area (Å²) in [4.78, 5) is 3.76. The van der Waals surface area contributed by atoms with Gasteiger partial charge < -0.3 is 10.2 Å². The average Bonchev–Trinajstić information content (AvgIpc) is 2.85. The highest BCUT2D eigenvalue weighted by Crippen LogP contribution is 2.21. The molecule has 20 heavy (non-hydrogen) atoms. The third-order valence-electron chi connectivity index (χ3n) is 3.12. The highest BCUT2D eigenvalue weighted by atomic mass is 79.9. The molecule has 0 aliphatic heterocycles. The summed E-state index contributed by atoms with van der Waals surface area (Å²) in [6, 6.07) is 14.9. The predicted octanol–water partition coefficient (Wildman–Crippen LogP) is 4.12. The highest BCUT2D eigenvalue weighted by molar-refractivity contribution is 9.11. The maximum Gasteiger partial charge on any atom is 0.0701 e. The van der Waals surface area contributed by atoms with E-state index in [9.17, 15) is 0 Å². The number of benzene rings is 1. The van der Waals surface area contributed by atoms with Gasteiger partial charge in [0.25, 0.3) is 0 Å². The van der Waals surface area contributed by atoms with Gasteiger partial charge in [-0.2, -0.15) is 0 Å². The molecule has 0 bridgehead atoms. The van der Waals surface area contributed by atoms with Gasteiger partial charge in [0.1, 0.15) is 0 Å². The van der Waals surface area contributed by atoms with Gasteiger partial charge in [0.2, 0.25) is 0 Å². The zero-order valence-corrected chi connectivity index (χ0v) is 14.2. The van der Waals surface area contributed by atoms with Crippen LogP contribution in [0.15, 0.2) is 46.3 Å². The van der Waals surface area contributed by atoms with E-state index in [1.807, 2.05) is 0 Å². The summed E-state index contributed by atoms with van der Waals surface area (Å²) in [5, 5.41) is 3.50. The van der Waals surface area contributed by atoms with Crippen molar-refractivity contribution in [3.8, 4) is 0 Å². The zero-order chi connectivity index (χ0) is 14.2. The van der Waals surface area contributed by atoms with E-state index in [0.29, 0.717) is 0 Å². The Bertz CT molecular complexity index is 498. The van der Waals surface area contributed by atoms with Crippen molar-refractivity contribution in [2.75, 3.05) is 20.1 Å². The molecule has 1 heterocycles. The van der Waals surface area contributed by atoms with Crippen LogP contribution in [0.25, 0.3) is 0 Å². The standard InChI is InChI=1S/C16H21BrN2S/c1-19(13-14-6-3-2-4-7-14)11-5-10-18-12-15-8-9-16(17)20-15/h2-4,6-9,18H,5,10-13H2,1H3. The van der Waals surface area contributed by atoms with Crippen LogP contribution in [0.1, 0.15) is 16.9 Å². The van der Waals surface area contributed by atoms with E-state index in [2.05, 4.69) is 75.7 Å². The molecule has 0 saturated carbocycles. The first kappa shape index (κ1) is 15.7. The van der Waals surface area contributed by atoms with Crippen molar-refractivity contribution in [2.45, 2.75) is 19.5 Å². The van der Waals surface area contributed by atoms with Crippen LogP contribution in [0.3, 0.4) is 0 Å². The van der Waals surface area contributed by atoms with Gasteiger partial charge in [-0.3, -0.25) is 0 Å². The lowest BCUT2D eigenvalue weighted by atomic mass is 10.2. The maximum absolute atomic E-state index is 3.50. The molecule has 2 nitrogen and oxygen atoms in total. The molecule has 2 rings (SSSR count). The van der Waals surface area contributed by atoms with E-state index >= 15 is 0 Å². The van der Waals surface area contributed by atoms with Gasteiger partial charge >= 0.3 is 0 Å². The third-order valence-corrected chi connectivity index (χ3v) is 4.74. The van der Waals surface area contributed by atoms with E-state index in [1.54, 1.807) is 11.3 Å². The number of rotatable bonds is 8. The van der Waals surface area contributed by atoms with Crippen molar-refractivity contribution >= 4 is 27.3 Å². The quantitative estimate of drug-likeness (QED) is 0.718. The number of hydrogen-bond donors (Lipinski definition) is 1. The Hall–Kier alpha value is -0.680. The first-order valence-electron chi connectivity index (χ1n) is 6.91. The van der Waals surface area contributed by atoms with Crippen molar-refractivity contribution in [3.05, 3.63) is 56.7 Å². The van der Waals surface area contributed by atoms with Crippen LogP contribution in [-0.2, 0) is 13.1 Å². The largest absolute Gasteiger partial charge is 0.312 e. The Labute approximate surface area is 133 Å². The summed E-state index contributed by atoms with van der Waals surface area (Å²) in [7, 11) is 2.18. The van der Waals surface area contributed by atoms with Crippen molar-refractivity contribution in [3.63, 3.8) is 0 Å². The highest BCUT2D eigenvalue weighted by Gasteiger charge is 2.00. The Kier molecular flexibility index (Phi) is 6.73. The molecule has 0 aliphatic rings. The lowest BCUT2D eigenvalue weighted by Gasteiger charge is -2.16. The maximum atomic E-state index is 3.50. The van der Waals surface area contributed by atoms with Crippen molar-refractivity contribution in [1.29, 1.82) is 0 Å². The molecule has 0 unspecified atom stereocenters. The fourth-order valence-corrected chi connectivity index (χ4v) is 3.56. The Morgan fingerprint density at radius 2 is 1.95 bits per heavy atom. The van der Waals surface area contributed by atoms with Gasteiger partial charge in [-0.15, -0.1) is 11.3 Å². The smallest absolute Gasteiger partial charge is 0.0701 e. The molecule has 0 atom stereocenters. The number of nitrogens with zero attached hydrogens (tertiary/aromatic N) is 1. The van der Waals surface area contributed by atoms with Gasteiger partial charge in [0.15, 0.2) is 0 Å². The third kappa shape index (κ3) is 5.75. The number of halogens is 1. The number of nitrogens with one attached hydrogen (secondary N) is 1. The normalized spacial score (nSPS) is 11.2. The van der Waals surface area contributed by atoms with Crippen LogP contribution in [0, 0.1) is 0 Å². The van der Waals surface area contributed by atoms with E-state index in [0.717, 1.165) is 26.2 Å². The van der Waals surface area contributed by atoms with Crippen LogP contribution >= 0.6 is 27.3 Å². The van der Waals surface area contributed by atoms with Crippen molar-refractivity contribution < 1.29 is 0 Å². The molecule has 0 saturated heterocycles. The second-order valence-corrected chi connectivity index (χ2v) is 7.51. The van der Waals surface area contributed by atoms with Gasteiger partial charge in [0.05, 0.1) is 3.79 Å². The lowest BCUT2D eigenvalue weighted by molar-refractivity contribution is 0.319. The van der Waals surface area contributed by atoms with Crippen LogP contribution in [0.5, 0.6) is 0 Å². The Morgan fingerprint density at radius 3 is 2.65 bits per heavy atom. The molecular formula is C16H21BrN2S. The average molecular weight is 353 g/mol. The van der Waals surface area contributed by atoms with Crippen molar-refractivity contribution in [2.24, 2.45) is 0 Å². The summed E-state index contributed by atoms with van der Waals surface area (Å²) in [5.74, 6) is 0. The van der Waals surface area contributed by atoms with Crippen LogP contribution < -0.4 is 5.32 Å². The van der Waals surface area contributed by atoms with E-state index in [1.165, 1.54) is 20.6 Å². The summed E-state index contributed by atoms with van der Waals surface area (Å²) in [6.07, 6.45) is 1.18. The molecule has 1 aromatic carbocycles. The SMILES string of the molecule is CN(CCCNCc1ccc(Br)s1)Cc1ccccc1. The van der Waals surface area contributed by atoms with Gasteiger partial charge in [0, 0.05) is 18.0 Å². The molecule has 0 fully saturated rings. The van der Waals surface area contributed by atoms with Gasteiger partial charge in [-0.25, -0.2) is 0 Å². The molecule has 2 aromatic rings. The second-order valence-electron chi connectivity index (χ2n) is 4.96. The minimum atomic E-state index is 0.971. The number of hydrogen-bond acceptors (Lipinski definition) is 3. The van der Waals surface area contributed by atoms with Crippen LogP contribution in [-0.4, -0.2) is 25.0 Å². The summed E-state index contributed by atoms with van der Waals surface area (Å²) >= 11 is 5.29.